The number of aromatic nitrogens is 4. The molecule has 0 aliphatic heterocycles. The third-order valence-corrected chi connectivity index (χ3v) is 3.22. The Bertz CT molecular complexity index is 897. The number of nitrogens with one attached hydrogen (secondary N) is 1. The fourth-order valence-corrected chi connectivity index (χ4v) is 2.04. The lowest BCUT2D eigenvalue weighted by molar-refractivity contribution is -0.137. The van der Waals surface area contributed by atoms with E-state index in [1.54, 1.807) is 17.0 Å². The van der Waals surface area contributed by atoms with Crippen molar-refractivity contribution in [3.8, 4) is 11.6 Å². The number of anilines is 1. The molecule has 0 spiro atoms. The number of halogens is 3. The van der Waals surface area contributed by atoms with Gasteiger partial charge < -0.3 is 10.1 Å². The van der Waals surface area contributed by atoms with Crippen LogP contribution < -0.4 is 10.1 Å². The highest BCUT2D eigenvalue weighted by Crippen LogP contribution is 2.31. The Morgan fingerprint density at radius 3 is 2.81 bits per heavy atom. The Morgan fingerprint density at radius 1 is 1.23 bits per heavy atom. The van der Waals surface area contributed by atoms with Crippen LogP contribution in [0, 0.1) is 0 Å². The van der Waals surface area contributed by atoms with Crippen LogP contribution in [-0.4, -0.2) is 32.0 Å². The first-order chi connectivity index (χ1) is 12.4. The molecule has 0 aliphatic carbocycles. The minimum Gasteiger partial charge on any atom is -0.484 e. The summed E-state index contributed by atoms with van der Waals surface area (Å²) in [4.78, 5) is 23.8. The van der Waals surface area contributed by atoms with E-state index in [4.69, 9.17) is 4.74 Å². The van der Waals surface area contributed by atoms with Crippen molar-refractivity contribution >= 4 is 11.7 Å². The van der Waals surface area contributed by atoms with E-state index >= 15 is 0 Å². The number of benzene rings is 1. The lowest BCUT2D eigenvalue weighted by atomic mass is 10.2. The highest BCUT2D eigenvalue weighted by atomic mass is 19.4. The largest absolute Gasteiger partial charge is 0.484 e. The molecule has 2 aromatic heterocycles. The van der Waals surface area contributed by atoms with Gasteiger partial charge >= 0.3 is 6.18 Å². The predicted octanol–water partition coefficient (Wildman–Crippen LogP) is 2.70. The third-order valence-electron chi connectivity index (χ3n) is 3.22. The lowest BCUT2D eigenvalue weighted by Crippen LogP contribution is -2.21. The molecular weight excluding hydrogens is 351 g/mol. The van der Waals surface area contributed by atoms with Crippen LogP contribution in [0.1, 0.15) is 5.56 Å². The van der Waals surface area contributed by atoms with E-state index in [1.165, 1.54) is 30.9 Å². The minimum absolute atomic E-state index is 0.0585. The van der Waals surface area contributed by atoms with E-state index < -0.39 is 24.3 Å². The van der Waals surface area contributed by atoms with Gasteiger partial charge in [-0.25, -0.2) is 15.0 Å². The van der Waals surface area contributed by atoms with Crippen LogP contribution in [0.3, 0.4) is 0 Å². The molecule has 2 heterocycles. The number of amides is 1. The summed E-state index contributed by atoms with van der Waals surface area (Å²) in [5.41, 5.74) is -0.851. The number of hydrogen-bond donors (Lipinski definition) is 1. The van der Waals surface area contributed by atoms with Crippen LogP contribution in [0.5, 0.6) is 5.75 Å². The van der Waals surface area contributed by atoms with Gasteiger partial charge in [0.25, 0.3) is 5.91 Å². The van der Waals surface area contributed by atoms with Crippen LogP contribution in [0.25, 0.3) is 5.82 Å². The van der Waals surface area contributed by atoms with Gasteiger partial charge in [-0.1, -0.05) is 6.07 Å². The van der Waals surface area contributed by atoms with Gasteiger partial charge in [0.1, 0.15) is 30.0 Å². The zero-order valence-electron chi connectivity index (χ0n) is 13.1. The summed E-state index contributed by atoms with van der Waals surface area (Å²) < 4.78 is 44.7. The fraction of sp³-hybridized carbons (Fsp3) is 0.125. The van der Waals surface area contributed by atoms with Crippen LogP contribution in [0.15, 0.2) is 55.4 Å². The van der Waals surface area contributed by atoms with Gasteiger partial charge in [-0.15, -0.1) is 0 Å². The zero-order chi connectivity index (χ0) is 18.6. The van der Waals surface area contributed by atoms with Crippen LogP contribution >= 0.6 is 0 Å². The Labute approximate surface area is 145 Å². The van der Waals surface area contributed by atoms with Gasteiger partial charge in [-0.05, 0) is 18.2 Å². The summed E-state index contributed by atoms with van der Waals surface area (Å²) >= 11 is 0. The predicted molar refractivity (Wildman–Crippen MR) is 84.7 cm³/mol. The van der Waals surface area contributed by atoms with Crippen molar-refractivity contribution < 1.29 is 22.7 Å². The SMILES string of the molecule is O=C(COc1cccc(C(F)(F)F)c1)Nc1cc(-n2ccnc2)ncn1. The van der Waals surface area contributed by atoms with E-state index in [9.17, 15) is 18.0 Å². The van der Waals surface area contributed by atoms with Crippen LogP contribution in [0.2, 0.25) is 0 Å². The molecule has 3 aromatic rings. The highest BCUT2D eigenvalue weighted by Gasteiger charge is 2.30. The number of carbonyl (C=O) groups is 1. The fourth-order valence-electron chi connectivity index (χ4n) is 2.04. The number of nitrogens with zero attached hydrogens (tertiary/aromatic N) is 4. The van der Waals surface area contributed by atoms with E-state index in [2.05, 4.69) is 20.3 Å². The first kappa shape index (κ1) is 17.4. The number of imidazole rings is 1. The maximum Gasteiger partial charge on any atom is 0.416 e. The maximum absolute atomic E-state index is 12.7. The average Bonchev–Trinajstić information content (AvgIpc) is 3.14. The van der Waals surface area contributed by atoms with Gasteiger partial charge in [0.05, 0.1) is 5.56 Å². The number of alkyl halides is 3. The Kier molecular flexibility index (Phi) is 4.83. The van der Waals surface area contributed by atoms with Crippen molar-refractivity contribution in [2.24, 2.45) is 0 Å². The lowest BCUT2D eigenvalue weighted by Gasteiger charge is -2.10. The van der Waals surface area contributed by atoms with Crippen LogP contribution in [-0.2, 0) is 11.0 Å². The van der Waals surface area contributed by atoms with E-state index in [1.807, 2.05) is 0 Å². The topological polar surface area (TPSA) is 81.9 Å². The molecule has 7 nitrogen and oxygen atoms in total. The molecule has 3 rings (SSSR count). The molecule has 10 heteroatoms. The first-order valence-electron chi connectivity index (χ1n) is 7.32. The highest BCUT2D eigenvalue weighted by molar-refractivity contribution is 5.91. The van der Waals surface area contributed by atoms with Gasteiger partial charge in [-0.3, -0.25) is 9.36 Å². The van der Waals surface area contributed by atoms with Crippen molar-refractivity contribution in [1.82, 2.24) is 19.5 Å². The summed E-state index contributed by atoms with van der Waals surface area (Å²) in [5, 5.41) is 2.49. The molecule has 1 aromatic carbocycles. The standard InChI is InChI=1S/C16H12F3N5O2/c17-16(18,19)11-2-1-3-12(6-11)26-8-15(25)23-13-7-14(22-9-21-13)24-5-4-20-10-24/h1-7,9-10H,8H2,(H,21,22,23,25). The van der Waals surface area contributed by atoms with Crippen LogP contribution in [0.4, 0.5) is 19.0 Å². The van der Waals surface area contributed by atoms with Crippen molar-refractivity contribution in [1.29, 1.82) is 0 Å². The summed E-state index contributed by atoms with van der Waals surface area (Å²) in [7, 11) is 0. The number of carbonyl (C=O) groups excluding carboxylic acids is 1. The molecule has 134 valence electrons. The van der Waals surface area contributed by atoms with Crippen molar-refractivity contribution in [3.63, 3.8) is 0 Å². The van der Waals surface area contributed by atoms with Crippen molar-refractivity contribution in [2.45, 2.75) is 6.18 Å². The average molecular weight is 363 g/mol. The molecule has 1 N–H and O–H groups in total. The number of hydrogen-bond acceptors (Lipinski definition) is 5. The van der Waals surface area contributed by atoms with Gasteiger partial charge in [0.2, 0.25) is 0 Å². The van der Waals surface area contributed by atoms with Gasteiger partial charge in [-0.2, -0.15) is 13.2 Å². The quantitative estimate of drug-likeness (QED) is 0.754. The second kappa shape index (κ2) is 7.21. The zero-order valence-corrected chi connectivity index (χ0v) is 13.1. The molecule has 0 atom stereocenters. The molecule has 0 unspecified atom stereocenters. The molecule has 0 aliphatic rings. The molecule has 1 amide bonds. The summed E-state index contributed by atoms with van der Waals surface area (Å²) in [6, 6.07) is 5.81. The van der Waals surface area contributed by atoms with Gasteiger partial charge in [0, 0.05) is 18.5 Å². The molecule has 0 saturated carbocycles. The molecule has 0 saturated heterocycles. The normalized spacial score (nSPS) is 11.2. The summed E-state index contributed by atoms with van der Waals surface area (Å²) in [6.07, 6.45) is 1.56. The smallest absolute Gasteiger partial charge is 0.416 e. The second-order valence-electron chi connectivity index (χ2n) is 5.09. The molecular formula is C16H12F3N5O2. The maximum atomic E-state index is 12.7. The molecule has 26 heavy (non-hydrogen) atoms. The summed E-state index contributed by atoms with van der Waals surface area (Å²) in [5.74, 6) is 0.0856. The van der Waals surface area contributed by atoms with Crippen molar-refractivity contribution in [2.75, 3.05) is 11.9 Å². The van der Waals surface area contributed by atoms with Gasteiger partial charge in [0.15, 0.2) is 6.61 Å². The Morgan fingerprint density at radius 2 is 2.08 bits per heavy atom. The monoisotopic (exact) mass is 363 g/mol. The van der Waals surface area contributed by atoms with E-state index in [0.29, 0.717) is 5.82 Å². The number of rotatable bonds is 5. The molecule has 0 fully saturated rings. The van der Waals surface area contributed by atoms with E-state index in [0.717, 1.165) is 12.1 Å². The second-order valence-corrected chi connectivity index (χ2v) is 5.09. The molecule has 0 radical (unpaired) electrons. The molecule has 0 bridgehead atoms. The summed E-state index contributed by atoms with van der Waals surface area (Å²) in [6.45, 7) is -0.467. The first-order valence-corrected chi connectivity index (χ1v) is 7.32. The Balaban J connectivity index is 1.61. The Hall–Kier alpha value is -3.43. The minimum atomic E-state index is -4.48. The van der Waals surface area contributed by atoms with E-state index in [-0.39, 0.29) is 11.6 Å². The third kappa shape index (κ3) is 4.35. The number of ether oxygens (including phenoxy) is 1. The van der Waals surface area contributed by atoms with Crippen molar-refractivity contribution in [3.05, 3.63) is 60.9 Å².